The molecular weight excluding hydrogens is 446 g/mol. The Labute approximate surface area is 194 Å². The van der Waals surface area contributed by atoms with Crippen LogP contribution in [-0.4, -0.2) is 28.0 Å². The van der Waals surface area contributed by atoms with Crippen LogP contribution in [0.5, 0.6) is 0 Å². The Morgan fingerprint density at radius 2 is 1.75 bits per heavy atom. The highest BCUT2D eigenvalue weighted by Crippen LogP contribution is 2.33. The highest BCUT2D eigenvalue weighted by Gasteiger charge is 2.14. The minimum Gasteiger partial charge on any atom is -0.454 e. The number of hydrogen-bond acceptors (Lipinski definition) is 5. The van der Waals surface area contributed by atoms with Gasteiger partial charge in [-0.15, -0.1) is 0 Å². The number of ether oxygens (including phenoxy) is 1. The summed E-state index contributed by atoms with van der Waals surface area (Å²) in [7, 11) is 0. The number of hydrogen-bond donors (Lipinski definition) is 1. The highest BCUT2D eigenvalue weighted by atomic mass is 35.5. The van der Waals surface area contributed by atoms with E-state index in [1.165, 1.54) is 11.8 Å². The van der Waals surface area contributed by atoms with Crippen molar-refractivity contribution in [3.8, 4) is 0 Å². The normalized spacial score (nSPS) is 10.8. The molecule has 0 unspecified atom stereocenters. The number of esters is 1. The monoisotopic (exact) mass is 465 g/mol. The third kappa shape index (κ3) is 5.30. The molecule has 8 heteroatoms. The van der Waals surface area contributed by atoms with Gasteiger partial charge in [-0.25, -0.2) is 4.98 Å². The number of carbonyl (C=O) groups excluding carboxylic acids is 2. The number of carbonyl (C=O) groups is 2. The summed E-state index contributed by atoms with van der Waals surface area (Å²) in [6.07, 6.45) is 0. The fourth-order valence-electron chi connectivity index (χ4n) is 3.19. The second-order valence-corrected chi connectivity index (χ2v) is 8.55. The van der Waals surface area contributed by atoms with E-state index in [0.29, 0.717) is 16.5 Å². The smallest absolute Gasteiger partial charge is 0.326 e. The number of nitrogens with zero attached hydrogens (tertiary/aromatic N) is 2. The van der Waals surface area contributed by atoms with Gasteiger partial charge in [-0.3, -0.25) is 9.59 Å². The minimum absolute atomic E-state index is 0.0113. The number of aromatic nitrogens is 2. The molecule has 0 bridgehead atoms. The summed E-state index contributed by atoms with van der Waals surface area (Å²) >= 11 is 7.45. The van der Waals surface area contributed by atoms with Crippen LogP contribution in [0.1, 0.15) is 5.82 Å². The molecule has 0 fully saturated rings. The number of imidazole rings is 1. The third-order valence-electron chi connectivity index (χ3n) is 4.70. The van der Waals surface area contributed by atoms with Gasteiger partial charge < -0.3 is 14.6 Å². The number of amides is 1. The lowest BCUT2D eigenvalue weighted by Crippen LogP contribution is -2.23. The molecule has 4 rings (SSSR count). The van der Waals surface area contributed by atoms with E-state index in [2.05, 4.69) is 10.3 Å². The predicted molar refractivity (Wildman–Crippen MR) is 126 cm³/mol. The van der Waals surface area contributed by atoms with Gasteiger partial charge in [-0.1, -0.05) is 47.6 Å². The first-order valence-corrected chi connectivity index (χ1v) is 11.1. The van der Waals surface area contributed by atoms with E-state index in [1.807, 2.05) is 73.7 Å². The Kier molecular flexibility index (Phi) is 6.78. The Morgan fingerprint density at radius 3 is 2.56 bits per heavy atom. The van der Waals surface area contributed by atoms with E-state index in [4.69, 9.17) is 16.3 Å². The van der Waals surface area contributed by atoms with Gasteiger partial charge >= 0.3 is 5.97 Å². The Bertz CT molecular complexity index is 1270. The molecule has 0 radical (unpaired) electrons. The number of nitrogens with one attached hydrogen (secondary N) is 1. The molecule has 1 amide bonds. The van der Waals surface area contributed by atoms with Gasteiger partial charge in [0.1, 0.15) is 12.4 Å². The van der Waals surface area contributed by atoms with Crippen LogP contribution >= 0.6 is 23.4 Å². The van der Waals surface area contributed by atoms with Crippen molar-refractivity contribution >= 4 is 52.0 Å². The fraction of sp³-hybridized carbons (Fsp3) is 0.125. The second kappa shape index (κ2) is 9.89. The largest absolute Gasteiger partial charge is 0.454 e. The zero-order valence-electron chi connectivity index (χ0n) is 17.2. The first-order valence-electron chi connectivity index (χ1n) is 9.89. The first kappa shape index (κ1) is 21.9. The maximum absolute atomic E-state index is 12.4. The zero-order valence-corrected chi connectivity index (χ0v) is 18.8. The third-order valence-corrected chi connectivity index (χ3v) is 6.04. The SMILES string of the molecule is Cc1nc2ccccc2n1CC(=O)OCC(=O)Nc1ccccc1Sc1ccc(Cl)cc1. The number of benzene rings is 3. The van der Waals surface area contributed by atoms with Crippen LogP contribution in [0.25, 0.3) is 11.0 Å². The van der Waals surface area contributed by atoms with Gasteiger partial charge in [-0.05, 0) is 55.5 Å². The van der Waals surface area contributed by atoms with E-state index in [-0.39, 0.29) is 13.2 Å². The van der Waals surface area contributed by atoms with Gasteiger partial charge in [0.15, 0.2) is 6.61 Å². The topological polar surface area (TPSA) is 73.2 Å². The first-order chi connectivity index (χ1) is 15.5. The predicted octanol–water partition coefficient (Wildman–Crippen LogP) is 5.33. The maximum Gasteiger partial charge on any atom is 0.326 e. The van der Waals surface area contributed by atoms with Crippen molar-refractivity contribution < 1.29 is 14.3 Å². The molecule has 1 aromatic heterocycles. The van der Waals surface area contributed by atoms with Crippen molar-refractivity contribution in [2.75, 3.05) is 11.9 Å². The molecule has 6 nitrogen and oxygen atoms in total. The number of halogens is 1. The van der Waals surface area contributed by atoms with Crippen molar-refractivity contribution in [1.29, 1.82) is 0 Å². The summed E-state index contributed by atoms with van der Waals surface area (Å²) < 4.78 is 6.97. The van der Waals surface area contributed by atoms with Gasteiger partial charge in [0.25, 0.3) is 5.91 Å². The lowest BCUT2D eigenvalue weighted by atomic mass is 10.3. The molecule has 3 aromatic carbocycles. The number of rotatable bonds is 7. The Morgan fingerprint density at radius 1 is 1.03 bits per heavy atom. The summed E-state index contributed by atoms with van der Waals surface area (Å²) in [5, 5.41) is 3.48. The standard InChI is InChI=1S/C24H20ClN3O3S/c1-16-26-19-6-2-4-8-21(19)28(16)14-24(30)31-15-23(29)27-20-7-3-5-9-22(20)32-18-12-10-17(25)11-13-18/h2-13H,14-15H2,1H3,(H,27,29). The molecule has 162 valence electrons. The number of fused-ring (bicyclic) bond motifs is 1. The summed E-state index contributed by atoms with van der Waals surface area (Å²) in [5.41, 5.74) is 2.30. The molecule has 0 aliphatic heterocycles. The summed E-state index contributed by atoms with van der Waals surface area (Å²) in [6, 6.07) is 22.5. The molecule has 1 N–H and O–H groups in total. The van der Waals surface area contributed by atoms with E-state index in [0.717, 1.165) is 20.8 Å². The van der Waals surface area contributed by atoms with Gasteiger partial charge in [0, 0.05) is 14.8 Å². The van der Waals surface area contributed by atoms with Crippen molar-refractivity contribution in [2.45, 2.75) is 23.3 Å². The minimum atomic E-state index is -0.504. The lowest BCUT2D eigenvalue weighted by molar-refractivity contribution is -0.147. The highest BCUT2D eigenvalue weighted by molar-refractivity contribution is 7.99. The lowest BCUT2D eigenvalue weighted by Gasteiger charge is -2.11. The molecule has 0 aliphatic rings. The second-order valence-electron chi connectivity index (χ2n) is 6.99. The summed E-state index contributed by atoms with van der Waals surface area (Å²) in [4.78, 5) is 31.0. The number of para-hydroxylation sites is 3. The van der Waals surface area contributed by atoms with E-state index < -0.39 is 11.9 Å². The number of aryl methyl sites for hydroxylation is 1. The van der Waals surface area contributed by atoms with Crippen LogP contribution in [0.15, 0.2) is 82.6 Å². The van der Waals surface area contributed by atoms with Crippen LogP contribution in [-0.2, 0) is 20.9 Å². The van der Waals surface area contributed by atoms with Gasteiger partial charge in [-0.2, -0.15) is 0 Å². The van der Waals surface area contributed by atoms with Crippen LogP contribution in [0, 0.1) is 6.92 Å². The summed E-state index contributed by atoms with van der Waals surface area (Å²) in [6.45, 7) is 1.45. The van der Waals surface area contributed by atoms with Crippen LogP contribution < -0.4 is 5.32 Å². The van der Waals surface area contributed by atoms with Crippen molar-refractivity contribution in [3.05, 3.63) is 83.6 Å². The van der Waals surface area contributed by atoms with Crippen molar-refractivity contribution in [2.24, 2.45) is 0 Å². The Hall–Kier alpha value is -3.29. The average molecular weight is 466 g/mol. The maximum atomic E-state index is 12.4. The fourth-order valence-corrected chi connectivity index (χ4v) is 4.22. The quantitative estimate of drug-likeness (QED) is 0.373. The molecule has 32 heavy (non-hydrogen) atoms. The summed E-state index contributed by atoms with van der Waals surface area (Å²) in [5.74, 6) is -0.203. The van der Waals surface area contributed by atoms with Gasteiger partial charge in [0.2, 0.25) is 0 Å². The molecule has 0 saturated heterocycles. The molecule has 0 atom stereocenters. The van der Waals surface area contributed by atoms with Crippen molar-refractivity contribution in [3.63, 3.8) is 0 Å². The van der Waals surface area contributed by atoms with Crippen LogP contribution in [0.2, 0.25) is 5.02 Å². The van der Waals surface area contributed by atoms with E-state index >= 15 is 0 Å². The van der Waals surface area contributed by atoms with Crippen molar-refractivity contribution in [1.82, 2.24) is 9.55 Å². The molecule has 0 aliphatic carbocycles. The van der Waals surface area contributed by atoms with E-state index in [1.54, 1.807) is 10.6 Å². The molecule has 4 aromatic rings. The Balaban J connectivity index is 1.35. The molecule has 0 spiro atoms. The average Bonchev–Trinajstić information content (AvgIpc) is 3.10. The van der Waals surface area contributed by atoms with Crippen LogP contribution in [0.4, 0.5) is 5.69 Å². The molecule has 1 heterocycles. The molecular formula is C24H20ClN3O3S. The van der Waals surface area contributed by atoms with E-state index in [9.17, 15) is 9.59 Å². The molecule has 0 saturated carbocycles. The number of anilines is 1. The zero-order chi connectivity index (χ0) is 22.5. The van der Waals surface area contributed by atoms with Crippen LogP contribution in [0.3, 0.4) is 0 Å². The van der Waals surface area contributed by atoms with Gasteiger partial charge in [0.05, 0.1) is 16.7 Å².